The molecule has 0 aromatic rings. The molecular weight excluding hydrogens is 192 g/mol. The third-order valence-electron chi connectivity index (χ3n) is 1.17. The molecule has 1 radical (unpaired) electrons. The molecule has 0 saturated heterocycles. The van der Waals surface area contributed by atoms with Gasteiger partial charge < -0.3 is 8.35 Å². The molecule has 0 aromatic carbocycles. The average molecular weight is 208 g/mol. The van der Waals surface area contributed by atoms with Crippen molar-refractivity contribution in [3.8, 4) is 0 Å². The summed E-state index contributed by atoms with van der Waals surface area (Å²) in [5.74, 6) is 0. The minimum Gasteiger partial charge on any atom is -1.00 e. The molecule has 0 unspecified atom stereocenters. The molecule has 0 bridgehead atoms. The van der Waals surface area contributed by atoms with E-state index in [0.717, 1.165) is 12.8 Å². The van der Waals surface area contributed by atoms with Crippen molar-refractivity contribution < 1.29 is 23.1 Å². The van der Waals surface area contributed by atoms with E-state index in [9.17, 15) is 0 Å². The SMILES string of the molecule is [C-]1=CC=CC1.[C-]1=CC=CC1.[CH2-]C.[H-].[Ti+3]. The van der Waals surface area contributed by atoms with Gasteiger partial charge in [-0.05, 0) is 0 Å². The second kappa shape index (κ2) is 14.2. The fraction of sp³-hybridized carbons (Fsp3) is 0.250. The molecule has 0 saturated carbocycles. The van der Waals surface area contributed by atoms with Crippen LogP contribution < -0.4 is 0 Å². The summed E-state index contributed by atoms with van der Waals surface area (Å²) in [6, 6.07) is 0. The van der Waals surface area contributed by atoms with Crippen molar-refractivity contribution in [3.63, 3.8) is 0 Å². The molecule has 0 spiro atoms. The summed E-state index contributed by atoms with van der Waals surface area (Å²) in [6.07, 6.45) is 20.0. The quantitative estimate of drug-likeness (QED) is 0.421. The van der Waals surface area contributed by atoms with Gasteiger partial charge in [0.25, 0.3) is 0 Å². The van der Waals surface area contributed by atoms with Crippen LogP contribution in [0, 0.1) is 19.1 Å². The number of hydrogen-bond donors (Lipinski definition) is 0. The second-order valence-corrected chi connectivity index (χ2v) is 2.01. The molecule has 0 atom stereocenters. The maximum absolute atomic E-state index is 3.25. The van der Waals surface area contributed by atoms with Crippen LogP contribution in [0.1, 0.15) is 21.2 Å². The Morgan fingerprint density at radius 1 is 1.00 bits per heavy atom. The van der Waals surface area contributed by atoms with Gasteiger partial charge in [0.1, 0.15) is 0 Å². The zero-order chi connectivity index (χ0) is 9.07. The second-order valence-electron chi connectivity index (χ2n) is 2.01. The van der Waals surface area contributed by atoms with E-state index in [4.69, 9.17) is 0 Å². The van der Waals surface area contributed by atoms with Crippen molar-refractivity contribution >= 4 is 0 Å². The summed E-state index contributed by atoms with van der Waals surface area (Å²) in [4.78, 5) is 0. The number of rotatable bonds is 0. The van der Waals surface area contributed by atoms with Crippen molar-refractivity contribution in [1.29, 1.82) is 0 Å². The molecule has 0 amide bonds. The van der Waals surface area contributed by atoms with Gasteiger partial charge >= 0.3 is 21.7 Å². The van der Waals surface area contributed by atoms with Gasteiger partial charge in [0.15, 0.2) is 0 Å². The van der Waals surface area contributed by atoms with Crippen molar-refractivity contribution in [1.82, 2.24) is 0 Å². The zero-order valence-electron chi connectivity index (χ0n) is 9.09. The van der Waals surface area contributed by atoms with Gasteiger partial charge in [-0.25, -0.2) is 24.3 Å². The van der Waals surface area contributed by atoms with Crippen molar-refractivity contribution in [2.45, 2.75) is 19.8 Å². The maximum atomic E-state index is 3.25. The van der Waals surface area contributed by atoms with E-state index in [1.54, 1.807) is 6.92 Å². The Morgan fingerprint density at radius 2 is 1.38 bits per heavy atom. The summed E-state index contributed by atoms with van der Waals surface area (Å²) in [5.41, 5.74) is 0. The zero-order valence-corrected chi connectivity index (χ0v) is 9.65. The van der Waals surface area contributed by atoms with Crippen LogP contribution in [0.2, 0.25) is 0 Å². The first kappa shape index (κ1) is 15.2. The smallest absolute Gasteiger partial charge is 1.00 e. The van der Waals surface area contributed by atoms with E-state index in [1.807, 2.05) is 24.3 Å². The molecule has 2 aliphatic carbocycles. The standard InChI is InChI=1S/2C5H5.C2H5.Ti.H/c2*1-2-4-5-3-1;1-2;;/h2*1-3H,4H2;1H2,2H3;;/q3*-1;+3;-1. The van der Waals surface area contributed by atoms with Crippen LogP contribution in [0.25, 0.3) is 0 Å². The Morgan fingerprint density at radius 3 is 1.46 bits per heavy atom. The van der Waals surface area contributed by atoms with E-state index >= 15 is 0 Å². The molecule has 2 rings (SSSR count). The molecule has 0 N–H and O–H groups in total. The van der Waals surface area contributed by atoms with Crippen molar-refractivity contribution in [3.05, 3.63) is 55.5 Å². The minimum atomic E-state index is 0. The van der Waals surface area contributed by atoms with Crippen LogP contribution in [-0.2, 0) is 21.7 Å². The Kier molecular flexibility index (Phi) is 16.6. The van der Waals surface area contributed by atoms with Crippen LogP contribution >= 0.6 is 0 Å². The first-order valence-corrected chi connectivity index (χ1v) is 4.14. The third-order valence-corrected chi connectivity index (χ3v) is 1.17. The van der Waals surface area contributed by atoms with E-state index < -0.39 is 0 Å². The van der Waals surface area contributed by atoms with Crippen LogP contribution in [-0.4, -0.2) is 0 Å². The van der Waals surface area contributed by atoms with Gasteiger partial charge in [0.05, 0.1) is 0 Å². The van der Waals surface area contributed by atoms with E-state index in [-0.39, 0.29) is 23.1 Å². The molecule has 2 aliphatic rings. The normalized spacial score (nSPS) is 14.0. The maximum Gasteiger partial charge on any atom is 3.00 e. The number of allylic oxidation sites excluding steroid dienone is 8. The monoisotopic (exact) mass is 208 g/mol. The summed E-state index contributed by atoms with van der Waals surface area (Å²) in [6.45, 7) is 5.00. The average Bonchev–Trinajstić information content (AvgIpc) is 2.87. The van der Waals surface area contributed by atoms with Gasteiger partial charge in [0.2, 0.25) is 0 Å². The first-order valence-electron chi connectivity index (χ1n) is 4.14. The summed E-state index contributed by atoms with van der Waals surface area (Å²) in [5, 5.41) is 0. The minimum absolute atomic E-state index is 0. The molecule has 0 aliphatic heterocycles. The van der Waals surface area contributed by atoms with Gasteiger partial charge in [-0.1, -0.05) is 0 Å². The molecule has 0 nitrogen and oxygen atoms in total. The fourth-order valence-electron chi connectivity index (χ4n) is 0.680. The van der Waals surface area contributed by atoms with Crippen molar-refractivity contribution in [2.75, 3.05) is 0 Å². The largest absolute Gasteiger partial charge is 3.00 e. The molecule has 1 heteroatoms. The molecular formula is C12H16Ti-. The predicted molar refractivity (Wildman–Crippen MR) is 55.3 cm³/mol. The number of hydrogen-bond acceptors (Lipinski definition) is 0. The van der Waals surface area contributed by atoms with Gasteiger partial charge in [-0.3, -0.25) is 12.2 Å². The topological polar surface area (TPSA) is 0 Å². The fourth-order valence-corrected chi connectivity index (χ4v) is 0.680. The predicted octanol–water partition coefficient (Wildman–Crippen LogP) is 3.56. The van der Waals surface area contributed by atoms with Gasteiger partial charge in [-0.15, -0.1) is 12.8 Å². The van der Waals surface area contributed by atoms with Gasteiger partial charge in [-0.2, -0.15) is 19.1 Å². The Labute approximate surface area is 98.5 Å². The third kappa shape index (κ3) is 11.7. The van der Waals surface area contributed by atoms with Crippen LogP contribution in [0.4, 0.5) is 0 Å². The Bertz CT molecular complexity index is 148. The molecule has 13 heavy (non-hydrogen) atoms. The van der Waals surface area contributed by atoms with E-state index in [1.165, 1.54) is 0 Å². The molecule has 0 fully saturated rings. The molecule has 69 valence electrons. The van der Waals surface area contributed by atoms with Crippen LogP contribution in [0.3, 0.4) is 0 Å². The Hall–Kier alpha value is -0.326. The van der Waals surface area contributed by atoms with Gasteiger partial charge in [0, 0.05) is 0 Å². The first-order chi connectivity index (χ1) is 6.00. The molecule has 0 heterocycles. The summed E-state index contributed by atoms with van der Waals surface area (Å²) in [7, 11) is 0. The molecule has 0 aromatic heterocycles. The van der Waals surface area contributed by atoms with Crippen LogP contribution in [0.5, 0.6) is 0 Å². The summed E-state index contributed by atoms with van der Waals surface area (Å²) < 4.78 is 0. The summed E-state index contributed by atoms with van der Waals surface area (Å²) >= 11 is 0. The van der Waals surface area contributed by atoms with E-state index in [2.05, 4.69) is 31.2 Å². The Balaban J connectivity index is -0.000000131. The van der Waals surface area contributed by atoms with E-state index in [0.29, 0.717) is 0 Å². The van der Waals surface area contributed by atoms with Crippen molar-refractivity contribution in [2.24, 2.45) is 0 Å². The van der Waals surface area contributed by atoms with Crippen LogP contribution in [0.15, 0.2) is 36.5 Å².